The summed E-state index contributed by atoms with van der Waals surface area (Å²) in [7, 11) is 0. The summed E-state index contributed by atoms with van der Waals surface area (Å²) < 4.78 is 0. The van der Waals surface area contributed by atoms with E-state index in [4.69, 9.17) is 0 Å². The Hall–Kier alpha value is -2.14. The van der Waals surface area contributed by atoms with Crippen LogP contribution in [0.1, 0.15) is 35.2 Å². The quantitative estimate of drug-likeness (QED) is 0.754. The van der Waals surface area contributed by atoms with Gasteiger partial charge in [0, 0.05) is 5.56 Å². The predicted molar refractivity (Wildman–Crippen MR) is 74.9 cm³/mol. The minimum atomic E-state index is -0.752. The van der Waals surface area contributed by atoms with Crippen molar-refractivity contribution in [2.75, 3.05) is 0 Å². The van der Waals surface area contributed by atoms with E-state index in [1.54, 1.807) is 0 Å². The Morgan fingerprint density at radius 2 is 1.84 bits per heavy atom. The molecule has 0 bridgehead atoms. The third kappa shape index (κ3) is 1.82. The first kappa shape index (κ1) is 11.9. The van der Waals surface area contributed by atoms with Gasteiger partial charge in [-0.1, -0.05) is 35.9 Å². The number of aryl methyl sites for hydroxylation is 1. The highest BCUT2D eigenvalue weighted by molar-refractivity contribution is 6.05. The van der Waals surface area contributed by atoms with Crippen molar-refractivity contribution in [3.05, 3.63) is 47.5 Å². The number of carbonyl (C=O) groups is 1. The Kier molecular flexibility index (Phi) is 2.64. The van der Waals surface area contributed by atoms with E-state index in [0.29, 0.717) is 18.4 Å². The summed E-state index contributed by atoms with van der Waals surface area (Å²) in [6.45, 7) is 2.05. The second-order valence-corrected chi connectivity index (χ2v) is 5.44. The van der Waals surface area contributed by atoms with Crippen LogP contribution >= 0.6 is 0 Å². The number of ketones is 1. The van der Waals surface area contributed by atoms with Crippen LogP contribution in [0.3, 0.4) is 0 Å². The van der Waals surface area contributed by atoms with E-state index in [-0.39, 0.29) is 5.78 Å². The van der Waals surface area contributed by atoms with Crippen LogP contribution in [0.5, 0.6) is 0 Å². The maximum atomic E-state index is 12.5. The number of fused-ring (bicyclic) bond motifs is 1. The number of hydrogen-bond acceptors (Lipinski definition) is 2. The number of carbonyl (C=O) groups excluding carboxylic acids is 1. The lowest BCUT2D eigenvalue weighted by molar-refractivity contribution is 0.0748. The normalized spacial score (nSPS) is 16.6. The zero-order valence-electron chi connectivity index (χ0n) is 10.9. The first-order chi connectivity index (χ1) is 9.14. The molecule has 2 aromatic carbocycles. The Bertz CT molecular complexity index is 705. The number of benzene rings is 2. The molecule has 0 heterocycles. The smallest absolute Gasteiger partial charge is 0.183 e. The third-order valence-corrected chi connectivity index (χ3v) is 4.11. The van der Waals surface area contributed by atoms with Gasteiger partial charge < -0.3 is 0 Å². The fourth-order valence-corrected chi connectivity index (χ4v) is 2.70. The minimum Gasteiger partial charge on any atom is -0.292 e. The Morgan fingerprint density at radius 3 is 2.47 bits per heavy atom. The van der Waals surface area contributed by atoms with E-state index >= 15 is 0 Å². The summed E-state index contributed by atoms with van der Waals surface area (Å²) in [5, 5.41) is 11.4. The van der Waals surface area contributed by atoms with Gasteiger partial charge in [-0.05, 0) is 43.0 Å². The fraction of sp³-hybridized carbons (Fsp3) is 0.294. The highest BCUT2D eigenvalue weighted by Crippen LogP contribution is 2.43. The van der Waals surface area contributed by atoms with Crippen LogP contribution in [0.4, 0.5) is 0 Å². The number of hydrogen-bond donors (Lipinski definition) is 0. The highest BCUT2D eigenvalue weighted by Gasteiger charge is 2.44. The van der Waals surface area contributed by atoms with Crippen LogP contribution < -0.4 is 0 Å². The van der Waals surface area contributed by atoms with Crippen LogP contribution in [-0.4, -0.2) is 5.78 Å². The molecule has 0 saturated heterocycles. The zero-order valence-corrected chi connectivity index (χ0v) is 10.9. The van der Waals surface area contributed by atoms with E-state index in [2.05, 4.69) is 19.1 Å². The maximum absolute atomic E-state index is 12.5. The second-order valence-electron chi connectivity index (χ2n) is 5.44. The summed E-state index contributed by atoms with van der Waals surface area (Å²) in [6, 6.07) is 14.1. The van der Waals surface area contributed by atoms with E-state index in [1.165, 1.54) is 5.56 Å². The van der Waals surface area contributed by atoms with Gasteiger partial charge in [0.15, 0.2) is 5.78 Å². The van der Waals surface area contributed by atoms with Gasteiger partial charge in [-0.25, -0.2) is 0 Å². The zero-order chi connectivity index (χ0) is 13.5. The molecule has 1 fully saturated rings. The molecule has 94 valence electrons. The number of rotatable bonds is 2. The van der Waals surface area contributed by atoms with Gasteiger partial charge in [0.1, 0.15) is 5.41 Å². The van der Waals surface area contributed by atoms with Gasteiger partial charge in [-0.2, -0.15) is 5.26 Å². The van der Waals surface area contributed by atoms with Crippen molar-refractivity contribution in [3.63, 3.8) is 0 Å². The molecule has 0 aliphatic heterocycles. The van der Waals surface area contributed by atoms with Crippen molar-refractivity contribution >= 4 is 16.6 Å². The van der Waals surface area contributed by atoms with Crippen molar-refractivity contribution in [3.8, 4) is 6.07 Å². The van der Waals surface area contributed by atoms with Crippen LogP contribution in [0.2, 0.25) is 0 Å². The van der Waals surface area contributed by atoms with Crippen LogP contribution in [0, 0.1) is 23.7 Å². The van der Waals surface area contributed by atoms with E-state index in [1.807, 2.05) is 30.3 Å². The SMILES string of the molecule is Cc1ccc2cc(C(=O)C3(C#N)CCC3)ccc2c1. The topological polar surface area (TPSA) is 40.9 Å². The van der Waals surface area contributed by atoms with Crippen molar-refractivity contribution < 1.29 is 4.79 Å². The second kappa shape index (κ2) is 4.20. The molecule has 0 unspecified atom stereocenters. The van der Waals surface area contributed by atoms with Gasteiger partial charge in [0.2, 0.25) is 0 Å². The number of Topliss-reactive ketones (excluding diaryl/α,β-unsaturated/α-hetero) is 1. The van der Waals surface area contributed by atoms with E-state index in [9.17, 15) is 10.1 Å². The summed E-state index contributed by atoms with van der Waals surface area (Å²) in [6.07, 6.45) is 2.38. The average Bonchev–Trinajstić information content (AvgIpc) is 2.37. The molecule has 0 radical (unpaired) electrons. The van der Waals surface area contributed by atoms with Gasteiger partial charge in [0.25, 0.3) is 0 Å². The first-order valence-corrected chi connectivity index (χ1v) is 6.61. The molecule has 2 nitrogen and oxygen atoms in total. The molecular formula is C17H15NO. The lowest BCUT2D eigenvalue weighted by atomic mass is 9.65. The summed E-state index contributed by atoms with van der Waals surface area (Å²) in [5.41, 5.74) is 1.12. The standard InChI is InChI=1S/C17H15NO/c1-12-3-4-14-10-15(6-5-13(14)9-12)16(19)17(11-18)7-2-8-17/h3-6,9-10H,2,7-8H2,1H3. The summed E-state index contributed by atoms with van der Waals surface area (Å²) >= 11 is 0. The number of nitrogens with zero attached hydrogens (tertiary/aromatic N) is 1. The van der Waals surface area contributed by atoms with Crippen LogP contribution in [-0.2, 0) is 0 Å². The molecule has 1 aliphatic rings. The molecular weight excluding hydrogens is 234 g/mol. The fourth-order valence-electron chi connectivity index (χ4n) is 2.70. The lowest BCUT2D eigenvalue weighted by Crippen LogP contribution is -2.36. The molecule has 0 N–H and O–H groups in total. The molecule has 0 aromatic heterocycles. The Labute approximate surface area is 112 Å². The van der Waals surface area contributed by atoms with Crippen LogP contribution in [0.25, 0.3) is 10.8 Å². The van der Waals surface area contributed by atoms with Gasteiger partial charge in [0.05, 0.1) is 6.07 Å². The Balaban J connectivity index is 2.04. The Morgan fingerprint density at radius 1 is 1.16 bits per heavy atom. The molecule has 2 aromatic rings. The van der Waals surface area contributed by atoms with Crippen molar-refractivity contribution in [2.24, 2.45) is 5.41 Å². The molecule has 1 saturated carbocycles. The summed E-state index contributed by atoms with van der Waals surface area (Å²) in [5.74, 6) is -0.0104. The molecule has 19 heavy (non-hydrogen) atoms. The van der Waals surface area contributed by atoms with E-state index in [0.717, 1.165) is 17.2 Å². The average molecular weight is 249 g/mol. The van der Waals surface area contributed by atoms with Crippen molar-refractivity contribution in [1.82, 2.24) is 0 Å². The van der Waals surface area contributed by atoms with Crippen LogP contribution in [0.15, 0.2) is 36.4 Å². The lowest BCUT2D eigenvalue weighted by Gasteiger charge is -2.33. The van der Waals surface area contributed by atoms with Crippen molar-refractivity contribution in [2.45, 2.75) is 26.2 Å². The van der Waals surface area contributed by atoms with Gasteiger partial charge in [-0.3, -0.25) is 4.79 Å². The number of nitriles is 1. The maximum Gasteiger partial charge on any atom is 0.183 e. The van der Waals surface area contributed by atoms with Crippen molar-refractivity contribution in [1.29, 1.82) is 5.26 Å². The third-order valence-electron chi connectivity index (χ3n) is 4.11. The molecule has 2 heteroatoms. The van der Waals surface area contributed by atoms with Gasteiger partial charge >= 0.3 is 0 Å². The minimum absolute atomic E-state index is 0.0104. The molecule has 3 rings (SSSR count). The monoisotopic (exact) mass is 249 g/mol. The predicted octanol–water partition coefficient (Wildman–Crippen LogP) is 4.02. The highest BCUT2D eigenvalue weighted by atomic mass is 16.1. The van der Waals surface area contributed by atoms with E-state index < -0.39 is 5.41 Å². The summed E-state index contributed by atoms with van der Waals surface area (Å²) in [4.78, 5) is 12.5. The first-order valence-electron chi connectivity index (χ1n) is 6.61. The molecule has 0 spiro atoms. The molecule has 0 amide bonds. The molecule has 0 atom stereocenters. The molecule has 1 aliphatic carbocycles. The largest absolute Gasteiger partial charge is 0.292 e. The van der Waals surface area contributed by atoms with Gasteiger partial charge in [-0.15, -0.1) is 0 Å².